The third kappa shape index (κ3) is 3.33. The minimum Gasteiger partial charge on any atom is -0.330 e. The highest BCUT2D eigenvalue weighted by Crippen LogP contribution is 2.25. The lowest BCUT2D eigenvalue weighted by Crippen LogP contribution is -2.42. The van der Waals surface area contributed by atoms with Gasteiger partial charge in [0.2, 0.25) is 0 Å². The molecule has 1 fully saturated rings. The Morgan fingerprint density at radius 3 is 2.83 bits per heavy atom. The van der Waals surface area contributed by atoms with Crippen LogP contribution in [0.2, 0.25) is 0 Å². The summed E-state index contributed by atoms with van der Waals surface area (Å²) in [6, 6.07) is 9.84. The van der Waals surface area contributed by atoms with Crippen LogP contribution in [0.3, 0.4) is 0 Å². The van der Waals surface area contributed by atoms with E-state index in [9.17, 15) is 0 Å². The van der Waals surface area contributed by atoms with Gasteiger partial charge in [-0.05, 0) is 56.7 Å². The average molecular weight is 246 g/mol. The molecule has 100 valence electrons. The van der Waals surface area contributed by atoms with Gasteiger partial charge in [0.05, 0.1) is 0 Å². The Kier molecular flexibility index (Phi) is 4.79. The maximum Gasteiger partial charge on any atom is 0.0110 e. The Bertz CT molecular complexity index is 375. The second-order valence-corrected chi connectivity index (χ2v) is 5.73. The molecule has 1 aromatic rings. The van der Waals surface area contributed by atoms with Gasteiger partial charge in [-0.1, -0.05) is 30.7 Å². The molecule has 0 heterocycles. The van der Waals surface area contributed by atoms with Crippen LogP contribution < -0.4 is 11.1 Å². The summed E-state index contributed by atoms with van der Waals surface area (Å²) in [7, 11) is 0. The van der Waals surface area contributed by atoms with Crippen LogP contribution in [0, 0.1) is 12.8 Å². The molecular formula is C16H26N2. The zero-order chi connectivity index (χ0) is 13.0. The van der Waals surface area contributed by atoms with Gasteiger partial charge in [-0.2, -0.15) is 0 Å². The molecule has 0 bridgehead atoms. The van der Waals surface area contributed by atoms with Crippen LogP contribution in [0.15, 0.2) is 24.3 Å². The van der Waals surface area contributed by atoms with Gasteiger partial charge in [0, 0.05) is 12.1 Å². The Hall–Kier alpha value is -0.860. The number of nitrogens with one attached hydrogen (secondary N) is 1. The van der Waals surface area contributed by atoms with E-state index in [4.69, 9.17) is 5.73 Å². The molecular weight excluding hydrogens is 220 g/mol. The minimum atomic E-state index is 0.531. The lowest BCUT2D eigenvalue weighted by molar-refractivity contribution is 0.368. The fourth-order valence-electron chi connectivity index (χ4n) is 3.13. The van der Waals surface area contributed by atoms with Crippen molar-refractivity contribution in [1.29, 1.82) is 0 Å². The molecule has 0 aromatic heterocycles. The van der Waals surface area contributed by atoms with E-state index in [1.807, 2.05) is 0 Å². The largest absolute Gasteiger partial charge is 0.330 e. The summed E-state index contributed by atoms with van der Waals surface area (Å²) in [5.74, 6) is 0.685. The highest BCUT2D eigenvalue weighted by atomic mass is 15.0. The first-order valence-electron chi connectivity index (χ1n) is 7.21. The van der Waals surface area contributed by atoms with E-state index in [0.29, 0.717) is 18.0 Å². The van der Waals surface area contributed by atoms with E-state index in [-0.39, 0.29) is 0 Å². The summed E-state index contributed by atoms with van der Waals surface area (Å²) in [4.78, 5) is 0. The number of aryl methyl sites for hydroxylation is 1. The van der Waals surface area contributed by atoms with E-state index in [2.05, 4.69) is 43.4 Å². The van der Waals surface area contributed by atoms with Crippen LogP contribution in [-0.2, 0) is 6.42 Å². The number of rotatable bonds is 5. The molecule has 0 amide bonds. The smallest absolute Gasteiger partial charge is 0.0110 e. The Labute approximate surface area is 111 Å². The highest BCUT2D eigenvalue weighted by Gasteiger charge is 2.26. The van der Waals surface area contributed by atoms with Crippen molar-refractivity contribution in [2.24, 2.45) is 11.7 Å². The van der Waals surface area contributed by atoms with Crippen LogP contribution in [0.25, 0.3) is 0 Å². The Morgan fingerprint density at radius 2 is 2.11 bits per heavy atom. The zero-order valence-corrected chi connectivity index (χ0v) is 11.7. The summed E-state index contributed by atoms with van der Waals surface area (Å²) in [6.45, 7) is 5.31. The SMILES string of the molecule is Cc1ccccc1CC(C)NC1CCCC1CN. The molecule has 3 unspecified atom stereocenters. The molecule has 1 saturated carbocycles. The van der Waals surface area contributed by atoms with E-state index in [0.717, 1.165) is 13.0 Å². The summed E-state index contributed by atoms with van der Waals surface area (Å²) < 4.78 is 0. The first-order chi connectivity index (χ1) is 8.70. The molecule has 3 N–H and O–H groups in total. The third-order valence-corrected chi connectivity index (χ3v) is 4.25. The van der Waals surface area contributed by atoms with Gasteiger partial charge in [0.1, 0.15) is 0 Å². The Balaban J connectivity index is 1.89. The lowest BCUT2D eigenvalue weighted by atomic mass is 9.99. The molecule has 1 aromatic carbocycles. The van der Waals surface area contributed by atoms with E-state index in [1.165, 1.54) is 30.4 Å². The number of benzene rings is 1. The molecule has 2 rings (SSSR count). The van der Waals surface area contributed by atoms with Crippen molar-refractivity contribution in [2.75, 3.05) is 6.54 Å². The summed E-state index contributed by atoms with van der Waals surface area (Å²) in [5, 5.41) is 3.78. The number of nitrogens with two attached hydrogens (primary N) is 1. The van der Waals surface area contributed by atoms with Crippen molar-refractivity contribution in [2.45, 2.75) is 51.6 Å². The van der Waals surface area contributed by atoms with Crippen LogP contribution in [0.1, 0.15) is 37.3 Å². The zero-order valence-electron chi connectivity index (χ0n) is 11.7. The van der Waals surface area contributed by atoms with Crippen molar-refractivity contribution < 1.29 is 0 Å². The molecule has 1 aliphatic carbocycles. The molecule has 2 heteroatoms. The second kappa shape index (κ2) is 6.35. The normalized spacial score (nSPS) is 25.3. The minimum absolute atomic E-state index is 0.531. The molecule has 18 heavy (non-hydrogen) atoms. The fourth-order valence-corrected chi connectivity index (χ4v) is 3.13. The summed E-state index contributed by atoms with van der Waals surface area (Å²) in [5.41, 5.74) is 8.69. The first kappa shape index (κ1) is 13.6. The molecule has 0 radical (unpaired) electrons. The first-order valence-corrected chi connectivity index (χ1v) is 7.21. The maximum absolute atomic E-state index is 5.84. The van der Waals surface area contributed by atoms with Gasteiger partial charge >= 0.3 is 0 Å². The molecule has 2 nitrogen and oxygen atoms in total. The lowest BCUT2D eigenvalue weighted by Gasteiger charge is -2.24. The van der Waals surface area contributed by atoms with Gasteiger partial charge < -0.3 is 11.1 Å². The van der Waals surface area contributed by atoms with Gasteiger partial charge in [-0.3, -0.25) is 0 Å². The monoisotopic (exact) mass is 246 g/mol. The van der Waals surface area contributed by atoms with E-state index >= 15 is 0 Å². The van der Waals surface area contributed by atoms with Crippen LogP contribution in [0.5, 0.6) is 0 Å². The number of hydrogen-bond acceptors (Lipinski definition) is 2. The standard InChI is InChI=1S/C16H26N2/c1-12-6-3-4-7-14(12)10-13(2)18-16-9-5-8-15(16)11-17/h3-4,6-7,13,15-16,18H,5,8-11,17H2,1-2H3. The van der Waals surface area contributed by atoms with Crippen molar-refractivity contribution in [3.8, 4) is 0 Å². The topological polar surface area (TPSA) is 38.0 Å². The average Bonchev–Trinajstić information content (AvgIpc) is 2.79. The van der Waals surface area contributed by atoms with Gasteiger partial charge in [-0.25, -0.2) is 0 Å². The predicted octanol–water partition coefficient (Wildman–Crippen LogP) is 2.64. The van der Waals surface area contributed by atoms with Crippen molar-refractivity contribution in [3.05, 3.63) is 35.4 Å². The van der Waals surface area contributed by atoms with Crippen LogP contribution >= 0.6 is 0 Å². The maximum atomic E-state index is 5.84. The van der Waals surface area contributed by atoms with E-state index in [1.54, 1.807) is 0 Å². The summed E-state index contributed by atoms with van der Waals surface area (Å²) in [6.07, 6.45) is 5.03. The summed E-state index contributed by atoms with van der Waals surface area (Å²) >= 11 is 0. The fraction of sp³-hybridized carbons (Fsp3) is 0.625. The second-order valence-electron chi connectivity index (χ2n) is 5.73. The Morgan fingerprint density at radius 1 is 1.33 bits per heavy atom. The molecule has 0 saturated heterocycles. The predicted molar refractivity (Wildman–Crippen MR) is 77.7 cm³/mol. The van der Waals surface area contributed by atoms with Crippen LogP contribution in [-0.4, -0.2) is 18.6 Å². The quantitative estimate of drug-likeness (QED) is 0.838. The van der Waals surface area contributed by atoms with E-state index < -0.39 is 0 Å². The van der Waals surface area contributed by atoms with Crippen molar-refractivity contribution in [1.82, 2.24) is 5.32 Å². The van der Waals surface area contributed by atoms with Crippen molar-refractivity contribution >= 4 is 0 Å². The molecule has 1 aliphatic rings. The molecule has 3 atom stereocenters. The van der Waals surface area contributed by atoms with Crippen molar-refractivity contribution in [3.63, 3.8) is 0 Å². The van der Waals surface area contributed by atoms with Gasteiger partial charge in [0.25, 0.3) is 0 Å². The molecule has 0 aliphatic heterocycles. The third-order valence-electron chi connectivity index (χ3n) is 4.25. The highest BCUT2D eigenvalue weighted by molar-refractivity contribution is 5.26. The van der Waals surface area contributed by atoms with Crippen LogP contribution in [0.4, 0.5) is 0 Å². The number of hydrogen-bond donors (Lipinski definition) is 2. The molecule has 0 spiro atoms. The van der Waals surface area contributed by atoms with Gasteiger partial charge in [0.15, 0.2) is 0 Å². The van der Waals surface area contributed by atoms with Gasteiger partial charge in [-0.15, -0.1) is 0 Å².